The first-order valence-corrected chi connectivity index (χ1v) is 12.7. The normalized spacial score (nSPS) is 15.7. The van der Waals surface area contributed by atoms with Gasteiger partial charge in [0.2, 0.25) is 0 Å². The van der Waals surface area contributed by atoms with E-state index in [0.29, 0.717) is 6.04 Å². The number of aryl methyl sites for hydroxylation is 1. The van der Waals surface area contributed by atoms with E-state index in [-0.39, 0.29) is 24.0 Å². The van der Waals surface area contributed by atoms with Crippen LogP contribution in [0.1, 0.15) is 36.5 Å². The molecule has 2 aromatic heterocycles. The van der Waals surface area contributed by atoms with Crippen molar-refractivity contribution in [2.75, 3.05) is 44.7 Å². The maximum atomic E-state index is 4.97. The van der Waals surface area contributed by atoms with Gasteiger partial charge in [-0.3, -0.25) is 9.89 Å². The molecule has 0 aromatic carbocycles. The van der Waals surface area contributed by atoms with Crippen LogP contribution in [0, 0.1) is 0 Å². The van der Waals surface area contributed by atoms with Crippen LogP contribution in [0.3, 0.4) is 0 Å². The van der Waals surface area contributed by atoms with E-state index in [1.807, 2.05) is 23.1 Å². The van der Waals surface area contributed by atoms with Crippen LogP contribution < -0.4 is 10.6 Å². The minimum absolute atomic E-state index is 0. The number of likely N-dealkylation sites (tertiary alicyclic amines) is 1. The maximum absolute atomic E-state index is 4.97. The molecule has 3 heterocycles. The molecule has 3 rings (SSSR count). The van der Waals surface area contributed by atoms with Crippen LogP contribution in [0.25, 0.3) is 0 Å². The van der Waals surface area contributed by atoms with Crippen LogP contribution in [0.15, 0.2) is 28.8 Å². The predicted octanol–water partition coefficient (Wildman–Crippen LogP) is 3.26. The van der Waals surface area contributed by atoms with Gasteiger partial charge in [0, 0.05) is 36.7 Å². The molecule has 30 heavy (non-hydrogen) atoms. The Morgan fingerprint density at radius 2 is 2.10 bits per heavy atom. The van der Waals surface area contributed by atoms with Crippen molar-refractivity contribution in [3.8, 4) is 0 Å². The van der Waals surface area contributed by atoms with Gasteiger partial charge in [0.1, 0.15) is 12.2 Å². The van der Waals surface area contributed by atoms with E-state index in [1.54, 1.807) is 6.33 Å². The number of hydrogen-bond donors (Lipinski definition) is 2. The van der Waals surface area contributed by atoms with Crippen molar-refractivity contribution >= 4 is 53.0 Å². The third-order valence-electron chi connectivity index (χ3n) is 5.13. The molecule has 10 heteroatoms. The number of hydrogen-bond acceptors (Lipinski definition) is 6. The minimum Gasteiger partial charge on any atom is -0.356 e. The fraction of sp³-hybridized carbons (Fsp3) is 0.650. The third kappa shape index (κ3) is 7.69. The van der Waals surface area contributed by atoms with Crippen molar-refractivity contribution in [1.82, 2.24) is 30.3 Å². The maximum Gasteiger partial charge on any atom is 0.191 e. The molecule has 168 valence electrons. The molecular formula is C20H34IN7S2. The summed E-state index contributed by atoms with van der Waals surface area (Å²) in [6.45, 7) is 7.77. The summed E-state index contributed by atoms with van der Waals surface area (Å²) < 4.78 is 2.10. The predicted molar refractivity (Wildman–Crippen MR) is 139 cm³/mol. The van der Waals surface area contributed by atoms with Crippen molar-refractivity contribution in [1.29, 1.82) is 0 Å². The van der Waals surface area contributed by atoms with E-state index in [4.69, 9.17) is 4.99 Å². The first-order chi connectivity index (χ1) is 14.3. The minimum atomic E-state index is 0. The van der Waals surface area contributed by atoms with Gasteiger partial charge in [-0.05, 0) is 43.6 Å². The zero-order valence-corrected chi connectivity index (χ0v) is 21.9. The highest BCUT2D eigenvalue weighted by atomic mass is 127. The molecule has 1 aliphatic rings. The number of aromatic nitrogens is 3. The summed E-state index contributed by atoms with van der Waals surface area (Å²) in [5.41, 5.74) is 0. The number of rotatable bonds is 11. The van der Waals surface area contributed by atoms with Crippen molar-refractivity contribution in [2.45, 2.75) is 38.8 Å². The Hall–Kier alpha value is -0.850. The molecule has 0 saturated carbocycles. The van der Waals surface area contributed by atoms with Gasteiger partial charge in [-0.25, -0.2) is 0 Å². The van der Waals surface area contributed by atoms with Crippen LogP contribution in [0.4, 0.5) is 0 Å². The number of aliphatic imine (C=N–C) groups is 1. The van der Waals surface area contributed by atoms with Crippen LogP contribution in [-0.2, 0) is 13.0 Å². The fourth-order valence-corrected chi connectivity index (χ4v) is 4.74. The molecule has 1 atom stereocenters. The summed E-state index contributed by atoms with van der Waals surface area (Å²) in [5.74, 6) is 2.98. The van der Waals surface area contributed by atoms with E-state index in [2.05, 4.69) is 61.0 Å². The average Bonchev–Trinajstić information content (AvgIpc) is 3.50. The monoisotopic (exact) mass is 563 g/mol. The molecule has 1 unspecified atom stereocenters. The van der Waals surface area contributed by atoms with E-state index in [9.17, 15) is 0 Å². The topological polar surface area (TPSA) is 70.4 Å². The number of thiophene rings is 1. The van der Waals surface area contributed by atoms with Gasteiger partial charge in [0.15, 0.2) is 5.96 Å². The molecule has 1 aliphatic heterocycles. The molecule has 1 saturated heterocycles. The highest BCUT2D eigenvalue weighted by molar-refractivity contribution is 14.0. The van der Waals surface area contributed by atoms with Gasteiger partial charge < -0.3 is 15.2 Å². The van der Waals surface area contributed by atoms with Gasteiger partial charge in [-0.1, -0.05) is 13.0 Å². The summed E-state index contributed by atoms with van der Waals surface area (Å²) in [6.07, 6.45) is 7.41. The van der Waals surface area contributed by atoms with Gasteiger partial charge in [0.25, 0.3) is 0 Å². The number of nitrogens with zero attached hydrogens (tertiary/aromatic N) is 5. The van der Waals surface area contributed by atoms with E-state index >= 15 is 0 Å². The Morgan fingerprint density at radius 3 is 2.80 bits per heavy atom. The molecule has 0 amide bonds. The quantitative estimate of drug-likeness (QED) is 0.189. The molecule has 0 aliphatic carbocycles. The van der Waals surface area contributed by atoms with E-state index in [0.717, 1.165) is 50.1 Å². The highest BCUT2D eigenvalue weighted by Crippen LogP contribution is 2.28. The molecule has 2 N–H and O–H groups in total. The summed E-state index contributed by atoms with van der Waals surface area (Å²) in [7, 11) is 0. The van der Waals surface area contributed by atoms with Crippen molar-refractivity contribution in [2.24, 2.45) is 4.99 Å². The molecular weight excluding hydrogens is 529 g/mol. The lowest BCUT2D eigenvalue weighted by Crippen LogP contribution is -2.40. The Bertz CT molecular complexity index is 729. The zero-order valence-electron chi connectivity index (χ0n) is 17.9. The third-order valence-corrected chi connectivity index (χ3v) is 6.72. The Balaban J connectivity index is 0.00000320. The largest absolute Gasteiger partial charge is 0.356 e. The molecule has 0 radical (unpaired) electrons. The molecule has 2 aromatic rings. The molecule has 1 fully saturated rings. The van der Waals surface area contributed by atoms with Gasteiger partial charge in [0.05, 0.1) is 12.6 Å². The Morgan fingerprint density at radius 1 is 1.30 bits per heavy atom. The lowest BCUT2D eigenvalue weighted by molar-refractivity contribution is 0.255. The first kappa shape index (κ1) is 25.4. The standard InChI is InChI=1S/C20H33N7S2.HI/c1-3-19-25-24-16-27(19)12-8-21-20(22-9-14-28-2)23-15-17(18-7-6-13-29-18)26-10-4-5-11-26;/h6-7,13,16-17H,3-5,8-12,14-15H2,1-2H3,(H2,21,22,23);1H. The summed E-state index contributed by atoms with van der Waals surface area (Å²) in [4.78, 5) is 8.96. The lowest BCUT2D eigenvalue weighted by Gasteiger charge is -2.25. The number of halogens is 1. The van der Waals surface area contributed by atoms with Crippen molar-refractivity contribution in [3.63, 3.8) is 0 Å². The van der Waals surface area contributed by atoms with E-state index < -0.39 is 0 Å². The van der Waals surface area contributed by atoms with Crippen LogP contribution in [0.2, 0.25) is 0 Å². The zero-order chi connectivity index (χ0) is 20.3. The van der Waals surface area contributed by atoms with Gasteiger partial charge in [-0.2, -0.15) is 11.8 Å². The number of thioether (sulfide) groups is 1. The molecule has 7 nitrogen and oxygen atoms in total. The number of nitrogens with one attached hydrogen (secondary N) is 2. The van der Waals surface area contributed by atoms with Gasteiger partial charge >= 0.3 is 0 Å². The molecule has 0 spiro atoms. The van der Waals surface area contributed by atoms with Gasteiger partial charge in [-0.15, -0.1) is 45.5 Å². The summed E-state index contributed by atoms with van der Waals surface area (Å²) in [5, 5.41) is 17.3. The summed E-state index contributed by atoms with van der Waals surface area (Å²) >= 11 is 3.68. The second-order valence-corrected chi connectivity index (χ2v) is 9.07. The smallest absolute Gasteiger partial charge is 0.191 e. The SMILES string of the molecule is CCc1nncn1CCNC(=NCC(c1cccs1)N1CCCC1)NCCSC.I. The fourth-order valence-electron chi connectivity index (χ4n) is 3.58. The lowest BCUT2D eigenvalue weighted by atomic mass is 10.2. The van der Waals surface area contributed by atoms with Crippen molar-refractivity contribution in [3.05, 3.63) is 34.5 Å². The van der Waals surface area contributed by atoms with Crippen LogP contribution in [0.5, 0.6) is 0 Å². The number of guanidine groups is 1. The second kappa shape index (κ2) is 14.3. The average molecular weight is 564 g/mol. The van der Waals surface area contributed by atoms with Crippen LogP contribution >= 0.6 is 47.1 Å². The van der Waals surface area contributed by atoms with E-state index in [1.165, 1.54) is 30.8 Å². The second-order valence-electron chi connectivity index (χ2n) is 7.10. The Kier molecular flexibility index (Phi) is 12.1. The first-order valence-electron chi connectivity index (χ1n) is 10.5. The van der Waals surface area contributed by atoms with Crippen molar-refractivity contribution < 1.29 is 0 Å². The molecule has 0 bridgehead atoms. The van der Waals surface area contributed by atoms with Crippen LogP contribution in [-0.4, -0.2) is 70.4 Å². The highest BCUT2D eigenvalue weighted by Gasteiger charge is 2.24. The Labute approximate surface area is 205 Å². The summed E-state index contributed by atoms with van der Waals surface area (Å²) in [6, 6.07) is 4.77.